The lowest BCUT2D eigenvalue weighted by molar-refractivity contribution is 0.0939. The van der Waals surface area contributed by atoms with Gasteiger partial charge in [0.15, 0.2) is 11.3 Å². The van der Waals surface area contributed by atoms with Gasteiger partial charge in [-0.2, -0.15) is 14.4 Å². The molecule has 0 aliphatic carbocycles. The zero-order chi connectivity index (χ0) is 18.9. The van der Waals surface area contributed by atoms with Crippen molar-refractivity contribution >= 4 is 17.4 Å². The number of rotatable bonds is 5. The third kappa shape index (κ3) is 3.04. The van der Waals surface area contributed by atoms with Gasteiger partial charge in [-0.15, -0.1) is 20.4 Å². The number of anilines is 1. The van der Waals surface area contributed by atoms with E-state index in [2.05, 4.69) is 35.7 Å². The van der Waals surface area contributed by atoms with Gasteiger partial charge < -0.3 is 10.2 Å². The highest BCUT2D eigenvalue weighted by atomic mass is 16.2. The highest BCUT2D eigenvalue weighted by Crippen LogP contribution is 2.22. The average molecular weight is 375 g/mol. The van der Waals surface area contributed by atoms with E-state index in [1.807, 2.05) is 42.5 Å². The minimum atomic E-state index is -0.218. The standard InChI is InChI=1S/C18H17N9O/c28-18(15-9-21-27(23-15)14-4-2-1-3-5-14)19-8-13-10-25(11-13)17-7-6-16-22-20-12-26(16)24-17/h1-7,9,12-13H,8,10-11H2,(H,19,28). The van der Waals surface area contributed by atoms with E-state index in [0.29, 0.717) is 18.2 Å². The third-order valence-corrected chi connectivity index (χ3v) is 4.69. The van der Waals surface area contributed by atoms with Gasteiger partial charge in [0.1, 0.15) is 12.1 Å². The number of amides is 1. The molecule has 28 heavy (non-hydrogen) atoms. The van der Waals surface area contributed by atoms with Crippen molar-refractivity contribution in [3.05, 3.63) is 60.7 Å². The van der Waals surface area contributed by atoms with Gasteiger partial charge in [0, 0.05) is 25.6 Å². The summed E-state index contributed by atoms with van der Waals surface area (Å²) in [4.78, 5) is 15.9. The molecule has 4 heterocycles. The van der Waals surface area contributed by atoms with Crippen molar-refractivity contribution in [3.63, 3.8) is 0 Å². The van der Waals surface area contributed by atoms with Crippen LogP contribution in [-0.2, 0) is 0 Å². The van der Waals surface area contributed by atoms with Gasteiger partial charge in [-0.05, 0) is 24.3 Å². The summed E-state index contributed by atoms with van der Waals surface area (Å²) in [6.45, 7) is 2.25. The van der Waals surface area contributed by atoms with E-state index in [4.69, 9.17) is 0 Å². The number of nitrogens with zero attached hydrogens (tertiary/aromatic N) is 8. The second kappa shape index (κ2) is 6.72. The number of para-hydroxylation sites is 1. The Kier molecular flexibility index (Phi) is 3.93. The number of hydrogen-bond acceptors (Lipinski definition) is 7. The average Bonchev–Trinajstić information content (AvgIpc) is 3.36. The highest BCUT2D eigenvalue weighted by Gasteiger charge is 2.28. The minimum absolute atomic E-state index is 0.218. The molecule has 1 aliphatic rings. The summed E-state index contributed by atoms with van der Waals surface area (Å²) < 4.78 is 1.65. The lowest BCUT2D eigenvalue weighted by Crippen LogP contribution is -2.52. The van der Waals surface area contributed by atoms with E-state index in [0.717, 1.165) is 30.2 Å². The maximum atomic E-state index is 12.3. The SMILES string of the molecule is O=C(NCC1CN(c2ccc3nncn3n2)C1)c1cnn(-c2ccccc2)n1. The molecule has 3 aromatic heterocycles. The monoisotopic (exact) mass is 375 g/mol. The van der Waals surface area contributed by atoms with Gasteiger partial charge >= 0.3 is 0 Å². The van der Waals surface area contributed by atoms with Gasteiger partial charge in [-0.3, -0.25) is 4.79 Å². The topological polar surface area (TPSA) is 106 Å². The van der Waals surface area contributed by atoms with Crippen molar-refractivity contribution in [1.82, 2.24) is 40.1 Å². The zero-order valence-electron chi connectivity index (χ0n) is 14.9. The molecule has 0 spiro atoms. The largest absolute Gasteiger partial charge is 0.354 e. The summed E-state index contributed by atoms with van der Waals surface area (Å²) in [5.41, 5.74) is 1.84. The van der Waals surface area contributed by atoms with Crippen LogP contribution < -0.4 is 10.2 Å². The Morgan fingerprint density at radius 3 is 2.82 bits per heavy atom. The third-order valence-electron chi connectivity index (χ3n) is 4.69. The first-order valence-corrected chi connectivity index (χ1v) is 8.94. The molecule has 1 aliphatic heterocycles. The summed E-state index contributed by atoms with van der Waals surface area (Å²) in [5.74, 6) is 1.02. The molecule has 1 aromatic carbocycles. The minimum Gasteiger partial charge on any atom is -0.354 e. The fourth-order valence-corrected chi connectivity index (χ4v) is 3.15. The normalized spacial score (nSPS) is 14.2. The van der Waals surface area contributed by atoms with E-state index in [1.165, 1.54) is 11.0 Å². The van der Waals surface area contributed by atoms with Crippen molar-refractivity contribution in [1.29, 1.82) is 0 Å². The van der Waals surface area contributed by atoms with Crippen LogP contribution in [0.1, 0.15) is 10.5 Å². The van der Waals surface area contributed by atoms with E-state index < -0.39 is 0 Å². The smallest absolute Gasteiger partial charge is 0.273 e. The molecule has 10 heteroatoms. The predicted octanol–water partition coefficient (Wildman–Crippen LogP) is 0.571. The van der Waals surface area contributed by atoms with Crippen LogP contribution in [0, 0.1) is 5.92 Å². The lowest BCUT2D eigenvalue weighted by Gasteiger charge is -2.40. The van der Waals surface area contributed by atoms with Crippen molar-refractivity contribution < 1.29 is 4.79 Å². The predicted molar refractivity (Wildman–Crippen MR) is 100 cm³/mol. The maximum Gasteiger partial charge on any atom is 0.273 e. The zero-order valence-corrected chi connectivity index (χ0v) is 14.9. The Hall–Kier alpha value is -3.82. The molecule has 140 valence electrons. The molecule has 4 aromatic rings. The summed E-state index contributed by atoms with van der Waals surface area (Å²) in [6, 6.07) is 13.3. The first-order valence-electron chi connectivity index (χ1n) is 8.94. The fraction of sp³-hybridized carbons (Fsp3) is 0.222. The van der Waals surface area contributed by atoms with Gasteiger partial charge in [0.05, 0.1) is 11.9 Å². The Morgan fingerprint density at radius 2 is 1.96 bits per heavy atom. The molecule has 0 radical (unpaired) electrons. The summed E-state index contributed by atoms with van der Waals surface area (Å²) in [6.07, 6.45) is 3.06. The van der Waals surface area contributed by atoms with Crippen molar-refractivity contribution in [2.75, 3.05) is 24.5 Å². The molecule has 1 N–H and O–H groups in total. The van der Waals surface area contributed by atoms with Crippen LogP contribution in [0.4, 0.5) is 5.82 Å². The first-order chi connectivity index (χ1) is 13.8. The lowest BCUT2D eigenvalue weighted by atomic mass is 10.0. The summed E-state index contributed by atoms with van der Waals surface area (Å²) in [7, 11) is 0. The number of carbonyl (C=O) groups excluding carboxylic acids is 1. The van der Waals surface area contributed by atoms with Crippen LogP contribution in [0.2, 0.25) is 0 Å². The molecular weight excluding hydrogens is 358 g/mol. The molecule has 0 unspecified atom stereocenters. The van der Waals surface area contributed by atoms with Gasteiger partial charge in [0.25, 0.3) is 5.91 Å². The molecule has 1 amide bonds. The van der Waals surface area contributed by atoms with Crippen molar-refractivity contribution in [2.45, 2.75) is 0 Å². The summed E-state index contributed by atoms with van der Waals surface area (Å²) >= 11 is 0. The quantitative estimate of drug-likeness (QED) is 0.543. The van der Waals surface area contributed by atoms with Crippen LogP contribution in [-0.4, -0.2) is 60.3 Å². The van der Waals surface area contributed by atoms with E-state index >= 15 is 0 Å². The molecule has 0 bridgehead atoms. The van der Waals surface area contributed by atoms with E-state index in [9.17, 15) is 4.79 Å². The number of hydrogen-bond donors (Lipinski definition) is 1. The van der Waals surface area contributed by atoms with Gasteiger partial charge in [-0.25, -0.2) is 0 Å². The molecule has 1 saturated heterocycles. The van der Waals surface area contributed by atoms with Gasteiger partial charge in [0.2, 0.25) is 0 Å². The number of aromatic nitrogens is 7. The van der Waals surface area contributed by atoms with Crippen LogP contribution >= 0.6 is 0 Å². The van der Waals surface area contributed by atoms with Crippen LogP contribution in [0.5, 0.6) is 0 Å². The Bertz CT molecular complexity index is 1110. The first kappa shape index (κ1) is 16.4. The maximum absolute atomic E-state index is 12.3. The van der Waals surface area contributed by atoms with Crippen LogP contribution in [0.25, 0.3) is 11.3 Å². The second-order valence-corrected chi connectivity index (χ2v) is 6.66. The Morgan fingerprint density at radius 1 is 1.11 bits per heavy atom. The molecular formula is C18H17N9O. The summed E-state index contributed by atoms with van der Waals surface area (Å²) in [5, 5.41) is 23.6. The number of fused-ring (bicyclic) bond motifs is 1. The second-order valence-electron chi connectivity index (χ2n) is 6.66. The van der Waals surface area contributed by atoms with Crippen LogP contribution in [0.15, 0.2) is 55.0 Å². The highest BCUT2D eigenvalue weighted by molar-refractivity contribution is 5.91. The fourth-order valence-electron chi connectivity index (χ4n) is 3.15. The number of carbonyl (C=O) groups is 1. The van der Waals surface area contributed by atoms with E-state index in [1.54, 1.807) is 10.8 Å². The number of nitrogens with one attached hydrogen (secondary N) is 1. The molecule has 10 nitrogen and oxygen atoms in total. The van der Waals surface area contributed by atoms with Crippen molar-refractivity contribution in [2.24, 2.45) is 5.92 Å². The number of benzene rings is 1. The van der Waals surface area contributed by atoms with Gasteiger partial charge in [-0.1, -0.05) is 18.2 Å². The molecule has 1 fully saturated rings. The molecule has 0 saturated carbocycles. The van der Waals surface area contributed by atoms with E-state index in [-0.39, 0.29) is 5.91 Å². The Balaban J connectivity index is 1.14. The van der Waals surface area contributed by atoms with Crippen molar-refractivity contribution in [3.8, 4) is 5.69 Å². The van der Waals surface area contributed by atoms with Crippen LogP contribution in [0.3, 0.4) is 0 Å². The molecule has 0 atom stereocenters. The Labute approximate surface area is 159 Å². The molecule has 5 rings (SSSR count).